The second-order valence-electron chi connectivity index (χ2n) is 5.60. The largest absolute Gasteiger partial charge is 0.351 e. The third kappa shape index (κ3) is 2.22. The summed E-state index contributed by atoms with van der Waals surface area (Å²) in [5.74, 6) is 1.08. The molecule has 19 heavy (non-hydrogen) atoms. The fraction of sp³-hybridized carbons (Fsp3) is 0.615. The quantitative estimate of drug-likeness (QED) is 0.844. The average molecular weight is 264 g/mol. The van der Waals surface area contributed by atoms with Gasteiger partial charge in [-0.05, 0) is 11.8 Å². The minimum atomic E-state index is -0.499. The summed E-state index contributed by atoms with van der Waals surface area (Å²) >= 11 is 0. The van der Waals surface area contributed by atoms with Gasteiger partial charge in [-0.25, -0.2) is 9.79 Å². The highest BCUT2D eigenvalue weighted by molar-refractivity contribution is 5.99. The molecule has 0 saturated heterocycles. The predicted octanol–water partition coefficient (Wildman–Crippen LogP) is 1.27. The van der Waals surface area contributed by atoms with Crippen molar-refractivity contribution in [3.63, 3.8) is 0 Å². The number of hydrogen-bond acceptors (Lipinski definition) is 4. The van der Waals surface area contributed by atoms with E-state index in [1.807, 2.05) is 11.9 Å². The Labute approximate surface area is 111 Å². The fourth-order valence-corrected chi connectivity index (χ4v) is 2.62. The molecule has 6 nitrogen and oxygen atoms in total. The van der Waals surface area contributed by atoms with Gasteiger partial charge in [0.2, 0.25) is 0 Å². The van der Waals surface area contributed by atoms with Crippen molar-refractivity contribution in [3.05, 3.63) is 20.8 Å². The minimum absolute atomic E-state index is 0.0879. The van der Waals surface area contributed by atoms with E-state index in [1.165, 1.54) is 0 Å². The van der Waals surface area contributed by atoms with Crippen molar-refractivity contribution in [3.8, 4) is 0 Å². The molecule has 0 amide bonds. The lowest BCUT2D eigenvalue weighted by Crippen LogP contribution is -2.48. The first-order chi connectivity index (χ1) is 8.82. The van der Waals surface area contributed by atoms with Gasteiger partial charge >= 0.3 is 5.69 Å². The van der Waals surface area contributed by atoms with Crippen LogP contribution in [0.15, 0.2) is 14.6 Å². The molecular formula is C13H20N4O2. The molecule has 6 heteroatoms. The second-order valence-corrected chi connectivity index (χ2v) is 5.60. The molecule has 1 aliphatic rings. The van der Waals surface area contributed by atoms with Crippen LogP contribution < -0.4 is 16.1 Å². The molecule has 104 valence electrons. The van der Waals surface area contributed by atoms with Crippen molar-refractivity contribution >= 4 is 17.2 Å². The smallest absolute Gasteiger partial charge is 0.327 e. The maximum absolute atomic E-state index is 11.9. The maximum atomic E-state index is 11.9. The average Bonchev–Trinajstić information content (AvgIpc) is 2.29. The van der Waals surface area contributed by atoms with E-state index in [4.69, 9.17) is 0 Å². The molecule has 0 fully saturated rings. The normalized spacial score (nSPS) is 18.8. The zero-order valence-electron chi connectivity index (χ0n) is 11.9. The van der Waals surface area contributed by atoms with Gasteiger partial charge in [-0.15, -0.1) is 0 Å². The van der Waals surface area contributed by atoms with Gasteiger partial charge in [0.05, 0.1) is 6.04 Å². The van der Waals surface area contributed by atoms with Crippen LogP contribution in [0.3, 0.4) is 0 Å². The van der Waals surface area contributed by atoms with E-state index in [9.17, 15) is 9.59 Å². The monoisotopic (exact) mass is 264 g/mol. The summed E-state index contributed by atoms with van der Waals surface area (Å²) < 4.78 is 0. The number of rotatable bonds is 2. The number of fused-ring (bicyclic) bond motifs is 1. The van der Waals surface area contributed by atoms with E-state index in [2.05, 4.69) is 42.7 Å². The lowest BCUT2D eigenvalue weighted by molar-refractivity contribution is 0.543. The van der Waals surface area contributed by atoms with Crippen LogP contribution in [0.4, 0.5) is 11.5 Å². The highest BCUT2D eigenvalue weighted by atomic mass is 16.2. The molecule has 1 unspecified atom stereocenters. The van der Waals surface area contributed by atoms with Crippen molar-refractivity contribution in [2.75, 3.05) is 11.9 Å². The van der Waals surface area contributed by atoms with Crippen LogP contribution in [-0.2, 0) is 0 Å². The Morgan fingerprint density at radius 3 is 2.32 bits per heavy atom. The van der Waals surface area contributed by atoms with E-state index < -0.39 is 11.2 Å². The maximum Gasteiger partial charge on any atom is 0.327 e. The Kier molecular flexibility index (Phi) is 3.34. The van der Waals surface area contributed by atoms with Crippen molar-refractivity contribution < 1.29 is 0 Å². The lowest BCUT2D eigenvalue weighted by atomic mass is 9.89. The van der Waals surface area contributed by atoms with Crippen LogP contribution in [0.1, 0.15) is 27.7 Å². The van der Waals surface area contributed by atoms with Gasteiger partial charge in [-0.2, -0.15) is 0 Å². The van der Waals surface area contributed by atoms with E-state index in [1.54, 1.807) is 0 Å². The Hall–Kier alpha value is -1.85. The first kappa shape index (κ1) is 13.6. The molecule has 2 N–H and O–H groups in total. The number of H-pyrrole nitrogens is 2. The molecule has 0 aliphatic carbocycles. The topological polar surface area (TPSA) is 81.3 Å². The number of aromatic amines is 2. The summed E-state index contributed by atoms with van der Waals surface area (Å²) in [6, 6.07) is 0.0879. The van der Waals surface area contributed by atoms with Crippen LogP contribution in [0.2, 0.25) is 0 Å². The molecule has 0 saturated carbocycles. The van der Waals surface area contributed by atoms with Gasteiger partial charge in [-0.1, -0.05) is 27.7 Å². The summed E-state index contributed by atoms with van der Waals surface area (Å²) in [5.41, 5.74) is 0.331. The Balaban J connectivity index is 2.71. The summed E-state index contributed by atoms with van der Waals surface area (Å²) in [6.45, 7) is 8.34. The van der Waals surface area contributed by atoms with Crippen molar-refractivity contribution in [1.82, 2.24) is 9.97 Å². The molecular weight excluding hydrogens is 244 g/mol. The van der Waals surface area contributed by atoms with Gasteiger partial charge < -0.3 is 4.90 Å². The number of hydrogen-bond donors (Lipinski definition) is 2. The first-order valence-electron chi connectivity index (χ1n) is 6.50. The summed E-state index contributed by atoms with van der Waals surface area (Å²) in [4.78, 5) is 34.6. The van der Waals surface area contributed by atoms with Gasteiger partial charge in [-0.3, -0.25) is 14.8 Å². The third-order valence-corrected chi connectivity index (χ3v) is 3.44. The molecule has 2 rings (SSSR count). The number of anilines is 1. The molecule has 1 aromatic heterocycles. The predicted molar refractivity (Wildman–Crippen MR) is 76.6 cm³/mol. The zero-order valence-corrected chi connectivity index (χ0v) is 11.9. The molecule has 1 atom stereocenters. The molecule has 1 aromatic rings. The van der Waals surface area contributed by atoms with Crippen LogP contribution in [-0.4, -0.2) is 28.8 Å². The molecule has 0 aromatic carbocycles. The minimum Gasteiger partial charge on any atom is -0.351 e. The van der Waals surface area contributed by atoms with Gasteiger partial charge in [0, 0.05) is 12.8 Å². The van der Waals surface area contributed by atoms with Gasteiger partial charge in [0.25, 0.3) is 5.56 Å². The molecule has 0 bridgehead atoms. The molecule has 2 heterocycles. The summed E-state index contributed by atoms with van der Waals surface area (Å²) in [6.07, 6.45) is 0. The molecule has 1 aliphatic heterocycles. The zero-order chi connectivity index (χ0) is 14.3. The first-order valence-corrected chi connectivity index (χ1v) is 6.50. The highest BCUT2D eigenvalue weighted by Crippen LogP contribution is 2.32. The lowest BCUT2D eigenvalue weighted by Gasteiger charge is -2.38. The van der Waals surface area contributed by atoms with E-state index in [-0.39, 0.29) is 12.0 Å². The van der Waals surface area contributed by atoms with Crippen molar-refractivity contribution in [2.24, 2.45) is 16.8 Å². The number of nitrogens with one attached hydrogen (secondary N) is 2. The van der Waals surface area contributed by atoms with Crippen molar-refractivity contribution in [1.29, 1.82) is 0 Å². The molecule has 0 spiro atoms. The van der Waals surface area contributed by atoms with Crippen LogP contribution in [0, 0.1) is 11.8 Å². The fourth-order valence-electron chi connectivity index (χ4n) is 2.62. The summed E-state index contributed by atoms with van der Waals surface area (Å²) in [7, 11) is 1.88. The van der Waals surface area contributed by atoms with Crippen LogP contribution in [0.5, 0.6) is 0 Å². The number of aliphatic imine (C=N–C) groups is 1. The Morgan fingerprint density at radius 2 is 1.79 bits per heavy atom. The summed E-state index contributed by atoms with van der Waals surface area (Å²) in [5, 5.41) is 0. The van der Waals surface area contributed by atoms with Crippen LogP contribution >= 0.6 is 0 Å². The van der Waals surface area contributed by atoms with E-state index in [0.29, 0.717) is 17.4 Å². The Bertz CT molecular complexity index is 624. The van der Waals surface area contributed by atoms with Gasteiger partial charge in [0.15, 0.2) is 5.69 Å². The van der Waals surface area contributed by atoms with E-state index >= 15 is 0 Å². The highest BCUT2D eigenvalue weighted by Gasteiger charge is 2.33. The number of aromatic nitrogens is 2. The standard InChI is InChI=1S/C13H20N4O2/c1-6(2)8-10(7(3)4)17(5)11-9(14-8)12(18)16-13(19)15-11/h6-7,10H,1-5H3,(H2,15,16,18,19). The van der Waals surface area contributed by atoms with E-state index in [0.717, 1.165) is 5.71 Å². The van der Waals surface area contributed by atoms with Gasteiger partial charge in [0.1, 0.15) is 5.82 Å². The third-order valence-electron chi connectivity index (χ3n) is 3.44. The SMILES string of the molecule is CC(C)C1=Nc2c([nH]c(=O)[nH]c2=O)N(C)C1C(C)C. The van der Waals surface area contributed by atoms with Crippen LogP contribution in [0.25, 0.3) is 0 Å². The molecule has 0 radical (unpaired) electrons. The second kappa shape index (κ2) is 4.68. The number of nitrogens with zero attached hydrogens (tertiary/aromatic N) is 2. The Morgan fingerprint density at radius 1 is 1.16 bits per heavy atom. The van der Waals surface area contributed by atoms with Crippen molar-refractivity contribution in [2.45, 2.75) is 33.7 Å².